The Morgan fingerprint density at radius 2 is 1.70 bits per heavy atom. The second-order valence-corrected chi connectivity index (χ2v) is 4.72. The summed E-state index contributed by atoms with van der Waals surface area (Å²) in [4.78, 5) is 4.19. The number of aromatic nitrogens is 1. The smallest absolute Gasteiger partial charge is 0.274 e. The summed E-state index contributed by atoms with van der Waals surface area (Å²) in [6, 6.07) is 15.3. The van der Waals surface area contributed by atoms with Crippen LogP contribution in [0, 0.1) is 11.8 Å². The van der Waals surface area contributed by atoms with E-state index in [-0.39, 0.29) is 0 Å². The highest BCUT2D eigenvalue weighted by atomic mass is 16.5. The molecule has 0 unspecified atom stereocenters. The number of ether oxygens (including phenoxy) is 2. The van der Waals surface area contributed by atoms with Crippen LogP contribution in [0.25, 0.3) is 11.3 Å². The van der Waals surface area contributed by atoms with Crippen molar-refractivity contribution in [3.8, 4) is 34.7 Å². The predicted molar refractivity (Wildman–Crippen MR) is 87.5 cm³/mol. The SMILES string of the molecule is COc1ccc(-c2cnc(C#Cc3ccccc3)o2)cc1OC. The van der Waals surface area contributed by atoms with Gasteiger partial charge in [0.25, 0.3) is 5.89 Å². The molecule has 0 fully saturated rings. The third-order valence-corrected chi connectivity index (χ3v) is 3.26. The molecule has 0 spiro atoms. The standard InChI is InChI=1S/C19H15NO3/c1-21-16-10-9-15(12-17(16)22-2)18-13-20-19(23-18)11-8-14-6-4-3-5-7-14/h3-7,9-10,12-13H,1-2H3. The molecule has 3 aromatic rings. The first-order chi connectivity index (χ1) is 11.3. The molecule has 1 aromatic heterocycles. The minimum atomic E-state index is 0.374. The zero-order valence-corrected chi connectivity index (χ0v) is 12.9. The Morgan fingerprint density at radius 3 is 2.43 bits per heavy atom. The van der Waals surface area contributed by atoms with Crippen LogP contribution in [0.1, 0.15) is 11.5 Å². The minimum Gasteiger partial charge on any atom is -0.493 e. The Morgan fingerprint density at radius 1 is 0.913 bits per heavy atom. The van der Waals surface area contributed by atoms with Crippen LogP contribution in [0.5, 0.6) is 11.5 Å². The second-order valence-electron chi connectivity index (χ2n) is 4.72. The molecule has 0 saturated heterocycles. The summed E-state index contributed by atoms with van der Waals surface area (Å²) < 4.78 is 16.2. The molecule has 0 amide bonds. The van der Waals surface area contributed by atoms with Crippen LogP contribution in [0.15, 0.2) is 59.1 Å². The molecular weight excluding hydrogens is 290 g/mol. The van der Waals surface area contributed by atoms with E-state index in [0.29, 0.717) is 23.1 Å². The maximum absolute atomic E-state index is 5.68. The van der Waals surface area contributed by atoms with Gasteiger partial charge in [0.05, 0.1) is 20.4 Å². The number of nitrogens with zero attached hydrogens (tertiary/aromatic N) is 1. The van der Waals surface area contributed by atoms with Crippen LogP contribution >= 0.6 is 0 Å². The number of hydrogen-bond donors (Lipinski definition) is 0. The first-order valence-corrected chi connectivity index (χ1v) is 7.05. The topological polar surface area (TPSA) is 44.5 Å². The van der Waals surface area contributed by atoms with E-state index >= 15 is 0 Å². The number of methoxy groups -OCH3 is 2. The number of hydrogen-bond acceptors (Lipinski definition) is 4. The highest BCUT2D eigenvalue weighted by Gasteiger charge is 2.09. The molecule has 3 rings (SSSR count). The Hall–Kier alpha value is -3.19. The van der Waals surface area contributed by atoms with Gasteiger partial charge in [0.1, 0.15) is 0 Å². The van der Waals surface area contributed by atoms with Crippen LogP contribution in [0.4, 0.5) is 0 Å². The quantitative estimate of drug-likeness (QED) is 0.691. The van der Waals surface area contributed by atoms with Crippen molar-refractivity contribution in [3.05, 3.63) is 66.2 Å². The van der Waals surface area contributed by atoms with Gasteiger partial charge in [-0.1, -0.05) is 24.1 Å². The van der Waals surface area contributed by atoms with Gasteiger partial charge in [0.15, 0.2) is 17.3 Å². The average molecular weight is 305 g/mol. The van der Waals surface area contributed by atoms with Crippen LogP contribution in [-0.4, -0.2) is 19.2 Å². The summed E-state index contributed by atoms with van der Waals surface area (Å²) in [6.45, 7) is 0. The zero-order valence-electron chi connectivity index (χ0n) is 12.9. The van der Waals surface area contributed by atoms with Gasteiger partial charge >= 0.3 is 0 Å². The summed E-state index contributed by atoms with van der Waals surface area (Å²) in [7, 11) is 3.20. The zero-order chi connectivity index (χ0) is 16.1. The van der Waals surface area contributed by atoms with Crippen molar-refractivity contribution in [2.75, 3.05) is 14.2 Å². The summed E-state index contributed by atoms with van der Waals surface area (Å²) in [5.41, 5.74) is 1.77. The third-order valence-electron chi connectivity index (χ3n) is 3.26. The number of oxazole rings is 1. The first kappa shape index (κ1) is 14.7. The molecule has 0 aliphatic carbocycles. The normalized spacial score (nSPS) is 9.83. The third kappa shape index (κ3) is 3.35. The molecule has 4 heteroatoms. The van der Waals surface area contributed by atoms with Crippen LogP contribution in [-0.2, 0) is 0 Å². The van der Waals surface area contributed by atoms with Crippen molar-refractivity contribution < 1.29 is 13.9 Å². The fraction of sp³-hybridized carbons (Fsp3) is 0.105. The Kier molecular flexibility index (Phi) is 4.30. The minimum absolute atomic E-state index is 0.374. The Labute approximate surface area is 134 Å². The van der Waals surface area contributed by atoms with Gasteiger partial charge in [0.2, 0.25) is 0 Å². The molecule has 4 nitrogen and oxygen atoms in total. The van der Waals surface area contributed by atoms with Gasteiger partial charge in [-0.05, 0) is 36.3 Å². The van der Waals surface area contributed by atoms with Gasteiger partial charge in [0, 0.05) is 11.1 Å². The molecule has 114 valence electrons. The van der Waals surface area contributed by atoms with Crippen molar-refractivity contribution in [2.45, 2.75) is 0 Å². The van der Waals surface area contributed by atoms with Crippen molar-refractivity contribution >= 4 is 0 Å². The summed E-state index contributed by atoms with van der Waals surface area (Å²) in [5.74, 6) is 8.24. The van der Waals surface area contributed by atoms with Crippen LogP contribution in [0.3, 0.4) is 0 Å². The molecular formula is C19H15NO3. The Balaban J connectivity index is 1.86. The lowest BCUT2D eigenvalue weighted by molar-refractivity contribution is 0.355. The highest BCUT2D eigenvalue weighted by molar-refractivity contribution is 5.62. The van der Waals surface area contributed by atoms with Crippen LogP contribution < -0.4 is 9.47 Å². The van der Waals surface area contributed by atoms with Gasteiger partial charge in [-0.2, -0.15) is 0 Å². The van der Waals surface area contributed by atoms with Crippen molar-refractivity contribution in [1.29, 1.82) is 0 Å². The average Bonchev–Trinajstić information content (AvgIpc) is 3.09. The van der Waals surface area contributed by atoms with E-state index in [2.05, 4.69) is 16.8 Å². The largest absolute Gasteiger partial charge is 0.493 e. The highest BCUT2D eigenvalue weighted by Crippen LogP contribution is 2.32. The van der Waals surface area contributed by atoms with E-state index in [1.165, 1.54) is 0 Å². The molecule has 0 saturated carbocycles. The fourth-order valence-corrected chi connectivity index (χ4v) is 2.10. The van der Waals surface area contributed by atoms with Crippen molar-refractivity contribution in [3.63, 3.8) is 0 Å². The molecule has 1 heterocycles. The maximum Gasteiger partial charge on any atom is 0.274 e. The predicted octanol–water partition coefficient (Wildman–Crippen LogP) is 3.76. The second kappa shape index (κ2) is 6.71. The number of rotatable bonds is 3. The van der Waals surface area contributed by atoms with Crippen LogP contribution in [0.2, 0.25) is 0 Å². The molecule has 0 N–H and O–H groups in total. The summed E-state index contributed by atoms with van der Waals surface area (Å²) >= 11 is 0. The molecule has 0 aliphatic heterocycles. The van der Waals surface area contributed by atoms with Gasteiger partial charge < -0.3 is 13.9 Å². The molecule has 0 aliphatic rings. The molecule has 0 radical (unpaired) electrons. The molecule has 23 heavy (non-hydrogen) atoms. The first-order valence-electron chi connectivity index (χ1n) is 7.05. The van der Waals surface area contributed by atoms with E-state index in [1.54, 1.807) is 20.4 Å². The van der Waals surface area contributed by atoms with E-state index in [0.717, 1.165) is 11.1 Å². The van der Waals surface area contributed by atoms with Gasteiger partial charge in [-0.25, -0.2) is 4.98 Å². The monoisotopic (exact) mass is 305 g/mol. The lowest BCUT2D eigenvalue weighted by Gasteiger charge is -2.07. The van der Waals surface area contributed by atoms with E-state index in [9.17, 15) is 0 Å². The molecule has 0 atom stereocenters. The summed E-state index contributed by atoms with van der Waals surface area (Å²) in [6.07, 6.45) is 1.65. The lowest BCUT2D eigenvalue weighted by atomic mass is 10.1. The Bertz CT molecular complexity index is 857. The van der Waals surface area contributed by atoms with E-state index in [1.807, 2.05) is 48.5 Å². The maximum atomic E-state index is 5.68. The van der Waals surface area contributed by atoms with E-state index in [4.69, 9.17) is 13.9 Å². The molecule has 2 aromatic carbocycles. The molecule has 0 bridgehead atoms. The van der Waals surface area contributed by atoms with Crippen molar-refractivity contribution in [1.82, 2.24) is 4.98 Å². The van der Waals surface area contributed by atoms with E-state index < -0.39 is 0 Å². The fourth-order valence-electron chi connectivity index (χ4n) is 2.10. The summed E-state index contributed by atoms with van der Waals surface area (Å²) in [5, 5.41) is 0. The van der Waals surface area contributed by atoms with Gasteiger partial charge in [-0.15, -0.1) is 0 Å². The van der Waals surface area contributed by atoms with Crippen molar-refractivity contribution in [2.24, 2.45) is 0 Å². The number of benzene rings is 2. The van der Waals surface area contributed by atoms with Gasteiger partial charge in [-0.3, -0.25) is 0 Å². The lowest BCUT2D eigenvalue weighted by Crippen LogP contribution is -1.90.